The Balaban J connectivity index is 1.07. The zero-order chi connectivity index (χ0) is 26.7. The van der Waals surface area contributed by atoms with E-state index in [1.54, 1.807) is 10.6 Å². The number of hydrogen-bond donors (Lipinski definition) is 1. The van der Waals surface area contributed by atoms with Crippen LogP contribution in [0.2, 0.25) is 0 Å². The number of rotatable bonds is 7. The summed E-state index contributed by atoms with van der Waals surface area (Å²) >= 11 is 0. The van der Waals surface area contributed by atoms with Gasteiger partial charge in [0.1, 0.15) is 29.5 Å². The maximum absolute atomic E-state index is 15.0. The summed E-state index contributed by atoms with van der Waals surface area (Å²) in [4.78, 5) is 22.1. The van der Waals surface area contributed by atoms with Crippen LogP contribution in [0.15, 0.2) is 36.7 Å². The van der Waals surface area contributed by atoms with Gasteiger partial charge in [0, 0.05) is 56.3 Å². The Labute approximate surface area is 223 Å². The molecular weight excluding hydrogens is 505 g/mol. The second-order valence-corrected chi connectivity index (χ2v) is 11.1. The highest BCUT2D eigenvalue weighted by molar-refractivity contribution is 5.83. The van der Waals surface area contributed by atoms with Crippen molar-refractivity contribution in [2.75, 3.05) is 44.7 Å². The largest absolute Gasteiger partial charge is 0.322 e. The lowest BCUT2D eigenvalue weighted by Gasteiger charge is -2.60. The minimum Gasteiger partial charge on any atom is -0.322 e. The quantitative estimate of drug-likeness (QED) is 0.374. The normalized spacial score (nSPS) is 20.3. The number of pyridine rings is 1. The molecule has 0 saturated carbocycles. The number of fused-ring (bicyclic) bond motifs is 3. The van der Waals surface area contributed by atoms with E-state index in [1.165, 1.54) is 19.2 Å². The number of anilines is 2. The molecule has 1 aromatic carbocycles. The van der Waals surface area contributed by atoms with Crippen LogP contribution < -0.4 is 5.32 Å². The zero-order valence-electron chi connectivity index (χ0n) is 21.7. The van der Waals surface area contributed by atoms with Crippen LogP contribution in [0.5, 0.6) is 0 Å². The molecule has 39 heavy (non-hydrogen) atoms. The third-order valence-electron chi connectivity index (χ3n) is 8.24. The second-order valence-electron chi connectivity index (χ2n) is 11.1. The van der Waals surface area contributed by atoms with E-state index in [-0.39, 0.29) is 22.7 Å². The molecule has 3 aromatic heterocycles. The van der Waals surface area contributed by atoms with E-state index in [4.69, 9.17) is 0 Å². The molecule has 0 amide bonds. The summed E-state index contributed by atoms with van der Waals surface area (Å²) in [6, 6.07) is 6.29. The first-order chi connectivity index (χ1) is 18.9. The van der Waals surface area contributed by atoms with Crippen molar-refractivity contribution in [3.63, 3.8) is 0 Å². The van der Waals surface area contributed by atoms with Crippen LogP contribution in [0.25, 0.3) is 22.3 Å². The van der Waals surface area contributed by atoms with Gasteiger partial charge in [-0.2, -0.15) is 0 Å². The van der Waals surface area contributed by atoms with Crippen molar-refractivity contribution in [3.05, 3.63) is 59.7 Å². The molecule has 6 heterocycles. The van der Waals surface area contributed by atoms with Gasteiger partial charge in [-0.1, -0.05) is 13.0 Å². The number of halogens is 3. The van der Waals surface area contributed by atoms with Gasteiger partial charge in [0.15, 0.2) is 11.6 Å². The molecule has 1 atom stereocenters. The Morgan fingerprint density at radius 1 is 1.00 bits per heavy atom. The molecule has 202 valence electrons. The smallest absolute Gasteiger partial charge is 0.229 e. The molecule has 2 saturated heterocycles. The number of benzene rings is 1. The number of imidazole rings is 1. The number of hydrogen-bond acceptors (Lipinski definition) is 7. The lowest BCUT2D eigenvalue weighted by atomic mass is 9.73. The molecule has 1 spiro atoms. The van der Waals surface area contributed by atoms with E-state index in [1.807, 2.05) is 18.3 Å². The predicted octanol–water partition coefficient (Wildman–Crippen LogP) is 4.50. The molecule has 0 bridgehead atoms. The Morgan fingerprint density at radius 3 is 2.56 bits per heavy atom. The van der Waals surface area contributed by atoms with E-state index < -0.39 is 24.4 Å². The van der Waals surface area contributed by atoms with Crippen molar-refractivity contribution >= 4 is 22.8 Å². The number of nitrogens with zero attached hydrogens (tertiary/aromatic N) is 7. The Kier molecular flexibility index (Phi) is 5.82. The maximum Gasteiger partial charge on any atom is 0.229 e. The summed E-state index contributed by atoms with van der Waals surface area (Å²) in [7, 11) is 0. The van der Waals surface area contributed by atoms with Crippen LogP contribution in [-0.2, 0) is 13.0 Å². The van der Waals surface area contributed by atoms with Gasteiger partial charge in [-0.3, -0.25) is 4.90 Å². The molecule has 7 rings (SSSR count). The van der Waals surface area contributed by atoms with Crippen molar-refractivity contribution in [1.82, 2.24) is 34.3 Å². The van der Waals surface area contributed by atoms with Crippen LogP contribution in [0.3, 0.4) is 0 Å². The predicted molar refractivity (Wildman–Crippen MR) is 141 cm³/mol. The first-order valence-corrected chi connectivity index (χ1v) is 13.4. The van der Waals surface area contributed by atoms with Crippen molar-refractivity contribution in [2.24, 2.45) is 5.41 Å². The zero-order valence-corrected chi connectivity index (χ0v) is 21.7. The summed E-state index contributed by atoms with van der Waals surface area (Å²) in [5, 5.41) is 3.02. The van der Waals surface area contributed by atoms with Crippen LogP contribution in [0, 0.1) is 17.0 Å². The van der Waals surface area contributed by atoms with E-state index in [0.29, 0.717) is 35.4 Å². The van der Waals surface area contributed by atoms with Crippen LogP contribution in [0.1, 0.15) is 30.8 Å². The van der Waals surface area contributed by atoms with E-state index in [2.05, 4.69) is 42.0 Å². The molecule has 2 fully saturated rings. The summed E-state index contributed by atoms with van der Waals surface area (Å²) in [5.41, 5.74) is 2.39. The molecular formula is C28H29F3N8. The number of nitrogens with one attached hydrogen (secondary N) is 1. The lowest BCUT2D eigenvalue weighted by molar-refractivity contribution is -0.116. The van der Waals surface area contributed by atoms with Gasteiger partial charge >= 0.3 is 0 Å². The van der Waals surface area contributed by atoms with E-state index in [0.717, 1.165) is 37.9 Å². The number of alkyl halides is 1. The highest BCUT2D eigenvalue weighted by atomic mass is 19.1. The van der Waals surface area contributed by atoms with Gasteiger partial charge in [-0.25, -0.2) is 33.1 Å². The van der Waals surface area contributed by atoms with Gasteiger partial charge in [-0.15, -0.1) is 0 Å². The third kappa shape index (κ3) is 4.24. The lowest BCUT2D eigenvalue weighted by Crippen LogP contribution is -2.71. The van der Waals surface area contributed by atoms with Gasteiger partial charge < -0.3 is 14.8 Å². The fraction of sp³-hybridized carbons (Fsp3) is 0.429. The maximum atomic E-state index is 15.0. The molecule has 0 unspecified atom stereocenters. The number of aromatic nitrogens is 5. The van der Waals surface area contributed by atoms with Crippen LogP contribution in [-0.4, -0.2) is 73.7 Å². The molecule has 8 nitrogen and oxygen atoms in total. The molecule has 11 heteroatoms. The first-order valence-electron chi connectivity index (χ1n) is 13.4. The SMILES string of the molecule is CCN1CC2(C1)CN(Cc1ccc(Nc3ncc(F)c(-c4cc(F)c5nc6n(c5c4)[C@H](CF)CC6)n3)nc1)C2. The van der Waals surface area contributed by atoms with Crippen molar-refractivity contribution in [2.45, 2.75) is 32.4 Å². The van der Waals surface area contributed by atoms with Gasteiger partial charge in [0.2, 0.25) is 5.95 Å². The topological polar surface area (TPSA) is 75.0 Å². The minimum absolute atomic E-state index is 0.0559. The van der Waals surface area contributed by atoms with Crippen LogP contribution in [0.4, 0.5) is 24.9 Å². The standard InChI is InChI=1S/C28H29F3N8/c1-2-37-13-28(14-37)15-38(16-28)12-17-3-5-23(32-10-17)34-27-33-11-21(31)25(36-27)18-7-20(30)26-22(8-18)39-19(9-29)4-6-24(39)35-26/h3,5,7-8,10-11,19H,2,4,6,9,12-16H2,1H3,(H,32,33,34,36)/t19-/m0/s1. The van der Waals surface area contributed by atoms with Gasteiger partial charge in [-0.05, 0) is 36.7 Å². The Morgan fingerprint density at radius 2 is 1.82 bits per heavy atom. The van der Waals surface area contributed by atoms with Crippen LogP contribution >= 0.6 is 0 Å². The molecule has 3 aliphatic heterocycles. The van der Waals surface area contributed by atoms with E-state index in [9.17, 15) is 13.2 Å². The molecule has 4 aromatic rings. The monoisotopic (exact) mass is 534 g/mol. The summed E-state index contributed by atoms with van der Waals surface area (Å²) in [6.45, 7) is 8.26. The summed E-state index contributed by atoms with van der Waals surface area (Å²) in [6.07, 6.45) is 4.06. The molecule has 0 aliphatic carbocycles. The Bertz CT molecular complexity index is 1540. The Hall–Kier alpha value is -3.57. The van der Waals surface area contributed by atoms with E-state index >= 15 is 0 Å². The average Bonchev–Trinajstić information content (AvgIpc) is 3.47. The molecule has 0 radical (unpaired) electrons. The first kappa shape index (κ1) is 24.5. The highest BCUT2D eigenvalue weighted by Gasteiger charge is 2.50. The fourth-order valence-electron chi connectivity index (χ4n) is 6.43. The van der Waals surface area contributed by atoms with Crippen molar-refractivity contribution in [3.8, 4) is 11.3 Å². The summed E-state index contributed by atoms with van der Waals surface area (Å²) < 4.78 is 45.1. The minimum atomic E-state index is -0.688. The highest BCUT2D eigenvalue weighted by Crippen LogP contribution is 2.40. The fourth-order valence-corrected chi connectivity index (χ4v) is 6.43. The average molecular weight is 535 g/mol. The van der Waals surface area contributed by atoms with Crippen molar-refractivity contribution < 1.29 is 13.2 Å². The summed E-state index contributed by atoms with van der Waals surface area (Å²) in [5.74, 6) is 0.0209. The third-order valence-corrected chi connectivity index (χ3v) is 8.24. The van der Waals surface area contributed by atoms with Gasteiger partial charge in [0.25, 0.3) is 0 Å². The number of aryl methyl sites for hydroxylation is 1. The van der Waals surface area contributed by atoms with Crippen molar-refractivity contribution in [1.29, 1.82) is 0 Å². The van der Waals surface area contributed by atoms with Gasteiger partial charge in [0.05, 0.1) is 17.8 Å². The molecule has 1 N–H and O–H groups in total. The second kappa shape index (κ2) is 9.27. The number of likely N-dealkylation sites (tertiary alicyclic amines) is 2. The molecule has 3 aliphatic rings.